The van der Waals surface area contributed by atoms with E-state index >= 15 is 0 Å². The predicted octanol–water partition coefficient (Wildman–Crippen LogP) is 2.40. The lowest BCUT2D eigenvalue weighted by atomic mass is 9.96. The molecule has 2 aromatic rings. The van der Waals surface area contributed by atoms with E-state index in [1.54, 1.807) is 54.9 Å². The number of rotatable bonds is 2. The summed E-state index contributed by atoms with van der Waals surface area (Å²) in [6, 6.07) is 6.94. The fourth-order valence-corrected chi connectivity index (χ4v) is 2.07. The number of hydrogen-bond acceptors (Lipinski definition) is 6. The minimum Gasteiger partial charge on any atom is -0.505 e. The van der Waals surface area contributed by atoms with Crippen molar-refractivity contribution < 1.29 is 5.11 Å². The Kier molecular flexibility index (Phi) is 3.49. The molecule has 0 aromatic carbocycles. The van der Waals surface area contributed by atoms with Gasteiger partial charge < -0.3 is 16.2 Å². The zero-order valence-electron chi connectivity index (χ0n) is 11.6. The molecular weight excluding hydrogens is 278 g/mol. The van der Waals surface area contributed by atoms with E-state index in [-0.39, 0.29) is 17.4 Å². The van der Waals surface area contributed by atoms with Crippen LogP contribution >= 0.6 is 0 Å². The van der Waals surface area contributed by atoms with Gasteiger partial charge in [0.2, 0.25) is 5.95 Å². The SMILES string of the molecule is N=C1C=CC(c2ccnc(N)n2)=C/C1=C(/O)c1ccccn1. The summed E-state index contributed by atoms with van der Waals surface area (Å²) in [6.07, 6.45) is 8.19. The second-order valence-electron chi connectivity index (χ2n) is 4.62. The number of aliphatic hydroxyl groups is 1. The minimum absolute atomic E-state index is 0.0468. The molecule has 0 saturated carbocycles. The Hall–Kier alpha value is -3.28. The van der Waals surface area contributed by atoms with Crippen molar-refractivity contribution in [3.8, 4) is 0 Å². The highest BCUT2D eigenvalue weighted by Crippen LogP contribution is 2.25. The number of nitrogens with one attached hydrogen (secondary N) is 1. The number of nitrogen functional groups attached to an aromatic ring is 1. The number of allylic oxidation sites excluding steroid dienone is 5. The molecular formula is C16H13N5O. The maximum atomic E-state index is 10.4. The number of hydrogen-bond donors (Lipinski definition) is 3. The predicted molar refractivity (Wildman–Crippen MR) is 85.1 cm³/mol. The van der Waals surface area contributed by atoms with E-state index in [0.29, 0.717) is 17.0 Å². The topological polar surface area (TPSA) is 109 Å². The van der Waals surface area contributed by atoms with E-state index in [0.717, 1.165) is 5.57 Å². The van der Waals surface area contributed by atoms with Gasteiger partial charge in [0.05, 0.1) is 11.4 Å². The molecule has 0 amide bonds. The van der Waals surface area contributed by atoms with E-state index in [1.165, 1.54) is 0 Å². The van der Waals surface area contributed by atoms with Gasteiger partial charge in [0.25, 0.3) is 0 Å². The first-order valence-electron chi connectivity index (χ1n) is 6.57. The van der Waals surface area contributed by atoms with Crippen LogP contribution in [0, 0.1) is 5.41 Å². The summed E-state index contributed by atoms with van der Waals surface area (Å²) in [5.74, 6) is 0.126. The molecule has 2 heterocycles. The monoisotopic (exact) mass is 291 g/mol. The molecule has 0 unspecified atom stereocenters. The van der Waals surface area contributed by atoms with Crippen LogP contribution < -0.4 is 5.73 Å². The summed E-state index contributed by atoms with van der Waals surface area (Å²) in [5.41, 5.74) is 7.95. The maximum absolute atomic E-state index is 10.4. The first-order chi connectivity index (χ1) is 10.6. The van der Waals surface area contributed by atoms with Gasteiger partial charge in [0.15, 0.2) is 5.76 Å². The first-order valence-corrected chi connectivity index (χ1v) is 6.57. The van der Waals surface area contributed by atoms with Crippen molar-refractivity contribution in [3.05, 3.63) is 71.8 Å². The summed E-state index contributed by atoms with van der Waals surface area (Å²) in [7, 11) is 0. The van der Waals surface area contributed by atoms with Gasteiger partial charge in [-0.25, -0.2) is 9.97 Å². The molecule has 0 saturated heterocycles. The zero-order valence-corrected chi connectivity index (χ0v) is 11.6. The molecule has 0 spiro atoms. The number of anilines is 1. The Balaban J connectivity index is 2.08. The zero-order chi connectivity index (χ0) is 15.5. The molecule has 6 nitrogen and oxygen atoms in total. The Morgan fingerprint density at radius 3 is 2.68 bits per heavy atom. The number of pyridine rings is 1. The average Bonchev–Trinajstić information content (AvgIpc) is 2.55. The van der Waals surface area contributed by atoms with Crippen LogP contribution in [0.3, 0.4) is 0 Å². The lowest BCUT2D eigenvalue weighted by Gasteiger charge is -2.12. The van der Waals surface area contributed by atoms with E-state index in [2.05, 4.69) is 15.0 Å². The summed E-state index contributed by atoms with van der Waals surface area (Å²) in [4.78, 5) is 12.1. The third kappa shape index (κ3) is 2.62. The molecule has 2 aromatic heterocycles. The maximum Gasteiger partial charge on any atom is 0.220 e. The molecule has 0 atom stereocenters. The van der Waals surface area contributed by atoms with Gasteiger partial charge in [-0.1, -0.05) is 12.1 Å². The molecule has 6 heteroatoms. The Labute approximate surface area is 126 Å². The van der Waals surface area contributed by atoms with Crippen molar-refractivity contribution in [2.75, 3.05) is 5.73 Å². The van der Waals surface area contributed by atoms with Gasteiger partial charge in [-0.05, 0) is 30.4 Å². The molecule has 0 bridgehead atoms. The van der Waals surface area contributed by atoms with Gasteiger partial charge in [0.1, 0.15) is 5.69 Å². The van der Waals surface area contributed by atoms with E-state index in [4.69, 9.17) is 11.1 Å². The smallest absolute Gasteiger partial charge is 0.220 e. The molecule has 0 fully saturated rings. The summed E-state index contributed by atoms with van der Waals surface area (Å²) < 4.78 is 0. The number of aliphatic hydroxyl groups excluding tert-OH is 1. The Morgan fingerprint density at radius 2 is 1.95 bits per heavy atom. The van der Waals surface area contributed by atoms with E-state index in [9.17, 15) is 5.11 Å². The van der Waals surface area contributed by atoms with Crippen molar-refractivity contribution in [3.63, 3.8) is 0 Å². The quantitative estimate of drug-likeness (QED) is 0.736. The normalized spacial score (nSPS) is 16.4. The van der Waals surface area contributed by atoms with Crippen molar-refractivity contribution in [2.45, 2.75) is 0 Å². The molecule has 1 aliphatic rings. The van der Waals surface area contributed by atoms with Crippen LogP contribution in [0.5, 0.6) is 0 Å². The van der Waals surface area contributed by atoms with Gasteiger partial charge in [-0.15, -0.1) is 0 Å². The lowest BCUT2D eigenvalue weighted by Crippen LogP contribution is -2.06. The van der Waals surface area contributed by atoms with Crippen molar-refractivity contribution in [1.82, 2.24) is 15.0 Å². The second-order valence-corrected chi connectivity index (χ2v) is 4.62. The van der Waals surface area contributed by atoms with Crippen molar-refractivity contribution in [2.24, 2.45) is 0 Å². The van der Waals surface area contributed by atoms with Crippen LogP contribution in [-0.2, 0) is 0 Å². The van der Waals surface area contributed by atoms with E-state index in [1.807, 2.05) is 0 Å². The van der Waals surface area contributed by atoms with Crippen LogP contribution in [-0.4, -0.2) is 25.8 Å². The summed E-state index contributed by atoms with van der Waals surface area (Å²) >= 11 is 0. The van der Waals surface area contributed by atoms with Crippen molar-refractivity contribution in [1.29, 1.82) is 5.41 Å². The third-order valence-electron chi connectivity index (χ3n) is 3.15. The Morgan fingerprint density at radius 1 is 1.09 bits per heavy atom. The van der Waals surface area contributed by atoms with Gasteiger partial charge in [0, 0.05) is 23.5 Å². The van der Waals surface area contributed by atoms with E-state index < -0.39 is 0 Å². The van der Waals surface area contributed by atoms with Crippen LogP contribution in [0.1, 0.15) is 11.4 Å². The molecule has 4 N–H and O–H groups in total. The Bertz CT molecular complexity index is 821. The summed E-state index contributed by atoms with van der Waals surface area (Å²) in [6.45, 7) is 0. The largest absolute Gasteiger partial charge is 0.505 e. The highest BCUT2D eigenvalue weighted by Gasteiger charge is 2.16. The molecule has 0 aliphatic heterocycles. The fourth-order valence-electron chi connectivity index (χ4n) is 2.07. The molecule has 22 heavy (non-hydrogen) atoms. The minimum atomic E-state index is -0.0468. The van der Waals surface area contributed by atoms with Gasteiger partial charge in [-0.3, -0.25) is 4.98 Å². The van der Waals surface area contributed by atoms with Crippen LogP contribution in [0.4, 0.5) is 5.95 Å². The first kappa shape index (κ1) is 13.7. The van der Waals surface area contributed by atoms with Gasteiger partial charge in [-0.2, -0.15) is 0 Å². The number of nitrogens with zero attached hydrogens (tertiary/aromatic N) is 3. The number of aromatic nitrogens is 3. The molecule has 1 aliphatic carbocycles. The second kappa shape index (κ2) is 5.61. The third-order valence-corrected chi connectivity index (χ3v) is 3.15. The molecule has 3 rings (SSSR count). The van der Waals surface area contributed by atoms with Crippen LogP contribution in [0.2, 0.25) is 0 Å². The van der Waals surface area contributed by atoms with Crippen molar-refractivity contribution >= 4 is 23.0 Å². The highest BCUT2D eigenvalue weighted by atomic mass is 16.3. The standard InChI is InChI=1S/C16H13N5O/c17-12-5-4-10(13-6-8-20-16(18)21-13)9-11(12)15(22)14-3-1-2-7-19-14/h1-9,17,22H,(H2,18,20,21)/b15-11-,17-12?. The molecule has 0 radical (unpaired) electrons. The lowest BCUT2D eigenvalue weighted by molar-refractivity contribution is 0.507. The van der Waals surface area contributed by atoms with Gasteiger partial charge >= 0.3 is 0 Å². The van der Waals surface area contributed by atoms with Crippen LogP contribution in [0.25, 0.3) is 11.3 Å². The fraction of sp³-hybridized carbons (Fsp3) is 0. The molecule has 108 valence electrons. The number of nitrogens with two attached hydrogens (primary N) is 1. The average molecular weight is 291 g/mol. The highest BCUT2D eigenvalue weighted by molar-refractivity contribution is 6.16. The summed E-state index contributed by atoms with van der Waals surface area (Å²) in [5, 5.41) is 18.4. The van der Waals surface area contributed by atoms with Crippen LogP contribution in [0.15, 0.2) is 60.5 Å².